The summed E-state index contributed by atoms with van der Waals surface area (Å²) < 4.78 is 7.60. The van der Waals surface area contributed by atoms with Crippen LogP contribution in [0.2, 0.25) is 0 Å². The third kappa shape index (κ3) is 2.75. The lowest BCUT2D eigenvalue weighted by Gasteiger charge is -2.51. The summed E-state index contributed by atoms with van der Waals surface area (Å²) in [4.78, 5) is 12.3. The molecule has 0 saturated heterocycles. The molecule has 0 radical (unpaired) electrons. The lowest BCUT2D eigenvalue weighted by Crippen LogP contribution is -2.57. The van der Waals surface area contributed by atoms with E-state index in [9.17, 15) is 4.79 Å². The second kappa shape index (κ2) is 5.39. The van der Waals surface area contributed by atoms with Gasteiger partial charge < -0.3 is 10.1 Å². The maximum Gasteiger partial charge on any atom is 0.283 e. The highest BCUT2D eigenvalue weighted by molar-refractivity contribution is 9.10. The molecule has 6 heteroatoms. The molecule has 0 amide bonds. The molecule has 2 fully saturated rings. The molecular weight excluding hydrogens is 334 g/mol. The van der Waals surface area contributed by atoms with Gasteiger partial charge >= 0.3 is 0 Å². The Balaban J connectivity index is 1.74. The first kappa shape index (κ1) is 15.0. The highest BCUT2D eigenvalue weighted by Crippen LogP contribution is 2.44. The Morgan fingerprint density at radius 3 is 2.81 bits per heavy atom. The summed E-state index contributed by atoms with van der Waals surface area (Å²) in [6, 6.07) is 0.291. The molecule has 1 aromatic heterocycles. The van der Waals surface area contributed by atoms with Gasteiger partial charge in [0.2, 0.25) is 0 Å². The lowest BCUT2D eigenvalue weighted by atomic mass is 9.64. The molecule has 0 bridgehead atoms. The number of halogens is 1. The van der Waals surface area contributed by atoms with Gasteiger partial charge in [0.25, 0.3) is 5.56 Å². The first-order valence-electron chi connectivity index (χ1n) is 7.48. The van der Waals surface area contributed by atoms with Crippen LogP contribution in [-0.2, 0) is 11.3 Å². The van der Waals surface area contributed by atoms with Crippen molar-refractivity contribution in [1.29, 1.82) is 0 Å². The van der Waals surface area contributed by atoms with Gasteiger partial charge in [-0.15, -0.1) is 0 Å². The molecule has 2 unspecified atom stereocenters. The fourth-order valence-electron chi connectivity index (χ4n) is 2.96. The van der Waals surface area contributed by atoms with Crippen LogP contribution in [0, 0.1) is 11.3 Å². The molecule has 0 aromatic carbocycles. The van der Waals surface area contributed by atoms with Crippen molar-refractivity contribution in [3.63, 3.8) is 0 Å². The largest absolute Gasteiger partial charge is 0.381 e. The van der Waals surface area contributed by atoms with Gasteiger partial charge in [0.15, 0.2) is 0 Å². The van der Waals surface area contributed by atoms with Crippen LogP contribution < -0.4 is 10.9 Å². The van der Waals surface area contributed by atoms with Crippen LogP contribution in [-0.4, -0.2) is 29.0 Å². The van der Waals surface area contributed by atoms with E-state index in [0.717, 1.165) is 18.7 Å². The predicted molar refractivity (Wildman–Crippen MR) is 85.5 cm³/mol. The minimum Gasteiger partial charge on any atom is -0.381 e. The van der Waals surface area contributed by atoms with Crippen LogP contribution in [0.3, 0.4) is 0 Å². The number of methoxy groups -OCH3 is 1. The molecular formula is C15H22BrN3O2. The normalized spacial score (nSPS) is 27.2. The smallest absolute Gasteiger partial charge is 0.283 e. The fraction of sp³-hybridized carbons (Fsp3) is 0.733. The summed E-state index contributed by atoms with van der Waals surface area (Å²) in [7, 11) is 1.75. The lowest BCUT2D eigenvalue weighted by molar-refractivity contribution is -0.0794. The Morgan fingerprint density at radius 2 is 2.24 bits per heavy atom. The molecule has 2 aliphatic rings. The van der Waals surface area contributed by atoms with E-state index in [0.29, 0.717) is 16.4 Å². The van der Waals surface area contributed by atoms with Gasteiger partial charge in [-0.3, -0.25) is 4.79 Å². The summed E-state index contributed by atoms with van der Waals surface area (Å²) in [6.07, 6.45) is 5.38. The standard InChI is InChI=1S/C15H22BrN3O2/c1-15(2)11(6-12(15)21-3)18-10-7-17-19(8-9-4-5-9)14(20)13(10)16/h7,9,11-12,18H,4-6,8H2,1-3H3. The summed E-state index contributed by atoms with van der Waals surface area (Å²) in [5.74, 6) is 0.633. The molecule has 0 aliphatic heterocycles. The molecule has 5 nitrogen and oxygen atoms in total. The van der Waals surface area contributed by atoms with E-state index in [1.165, 1.54) is 12.8 Å². The summed E-state index contributed by atoms with van der Waals surface area (Å²) >= 11 is 3.43. The summed E-state index contributed by atoms with van der Waals surface area (Å²) in [5, 5.41) is 7.73. The first-order valence-corrected chi connectivity index (χ1v) is 8.27. The van der Waals surface area contributed by atoms with Crippen molar-refractivity contribution in [3.05, 3.63) is 21.0 Å². The molecule has 1 aromatic rings. The number of hydrogen-bond acceptors (Lipinski definition) is 4. The highest BCUT2D eigenvalue weighted by Gasteiger charge is 2.48. The third-order valence-corrected chi connectivity index (χ3v) is 5.67. The summed E-state index contributed by atoms with van der Waals surface area (Å²) in [6.45, 7) is 5.09. The van der Waals surface area contributed by atoms with E-state index in [1.807, 2.05) is 0 Å². The molecule has 3 rings (SSSR count). The molecule has 116 valence electrons. The maximum atomic E-state index is 12.3. The molecule has 21 heavy (non-hydrogen) atoms. The van der Waals surface area contributed by atoms with Crippen molar-refractivity contribution in [1.82, 2.24) is 9.78 Å². The van der Waals surface area contributed by atoms with Gasteiger partial charge in [-0.2, -0.15) is 5.10 Å². The zero-order valence-corrected chi connectivity index (χ0v) is 14.3. The van der Waals surface area contributed by atoms with Crippen molar-refractivity contribution in [2.24, 2.45) is 11.3 Å². The quantitative estimate of drug-likeness (QED) is 0.881. The predicted octanol–water partition coefficient (Wildman–Crippen LogP) is 2.64. The zero-order chi connectivity index (χ0) is 15.2. The molecule has 1 heterocycles. The highest BCUT2D eigenvalue weighted by atomic mass is 79.9. The Labute approximate surface area is 133 Å². The third-order valence-electron chi connectivity index (χ3n) is 4.90. The van der Waals surface area contributed by atoms with Gasteiger partial charge in [-0.05, 0) is 41.1 Å². The van der Waals surface area contributed by atoms with Crippen molar-refractivity contribution in [2.75, 3.05) is 12.4 Å². The van der Waals surface area contributed by atoms with Gasteiger partial charge in [-0.1, -0.05) is 13.8 Å². The molecule has 2 aliphatic carbocycles. The van der Waals surface area contributed by atoms with Crippen LogP contribution >= 0.6 is 15.9 Å². The number of ether oxygens (including phenoxy) is 1. The Morgan fingerprint density at radius 1 is 1.52 bits per heavy atom. The molecule has 2 saturated carbocycles. The number of anilines is 1. The fourth-order valence-corrected chi connectivity index (χ4v) is 3.38. The number of nitrogens with zero attached hydrogens (tertiary/aromatic N) is 2. The van der Waals surface area contributed by atoms with Gasteiger partial charge in [0, 0.05) is 25.1 Å². The topological polar surface area (TPSA) is 56.1 Å². The number of aromatic nitrogens is 2. The van der Waals surface area contributed by atoms with Crippen LogP contribution in [0.4, 0.5) is 5.69 Å². The van der Waals surface area contributed by atoms with Crippen molar-refractivity contribution >= 4 is 21.6 Å². The van der Waals surface area contributed by atoms with E-state index in [1.54, 1.807) is 18.0 Å². The van der Waals surface area contributed by atoms with Crippen LogP contribution in [0.1, 0.15) is 33.1 Å². The Hall–Kier alpha value is -0.880. The van der Waals surface area contributed by atoms with Gasteiger partial charge in [0.1, 0.15) is 4.47 Å². The van der Waals surface area contributed by atoms with Crippen LogP contribution in [0.25, 0.3) is 0 Å². The van der Waals surface area contributed by atoms with Crippen molar-refractivity contribution in [2.45, 2.75) is 51.8 Å². The monoisotopic (exact) mass is 355 g/mol. The Kier molecular flexibility index (Phi) is 3.86. The minimum absolute atomic E-state index is 0.0488. The number of hydrogen-bond donors (Lipinski definition) is 1. The van der Waals surface area contributed by atoms with E-state index in [4.69, 9.17) is 4.74 Å². The molecule has 1 N–H and O–H groups in total. The van der Waals surface area contributed by atoms with Crippen LogP contribution in [0.15, 0.2) is 15.5 Å². The van der Waals surface area contributed by atoms with Gasteiger partial charge in [0.05, 0.1) is 18.0 Å². The minimum atomic E-state index is -0.0488. The van der Waals surface area contributed by atoms with E-state index >= 15 is 0 Å². The first-order chi connectivity index (χ1) is 9.93. The van der Waals surface area contributed by atoms with Crippen LogP contribution in [0.5, 0.6) is 0 Å². The number of rotatable bonds is 5. The second-order valence-corrected chi connectivity index (χ2v) is 7.57. The Bertz CT molecular complexity index is 595. The number of nitrogens with one attached hydrogen (secondary N) is 1. The second-order valence-electron chi connectivity index (χ2n) is 6.78. The maximum absolute atomic E-state index is 12.3. The van der Waals surface area contributed by atoms with E-state index < -0.39 is 0 Å². The molecule has 2 atom stereocenters. The average molecular weight is 356 g/mol. The van der Waals surface area contributed by atoms with Gasteiger partial charge in [-0.25, -0.2) is 4.68 Å². The van der Waals surface area contributed by atoms with E-state index in [-0.39, 0.29) is 17.1 Å². The van der Waals surface area contributed by atoms with E-state index in [2.05, 4.69) is 40.2 Å². The zero-order valence-electron chi connectivity index (χ0n) is 12.7. The van der Waals surface area contributed by atoms with Crippen molar-refractivity contribution < 1.29 is 4.74 Å². The average Bonchev–Trinajstić information content (AvgIpc) is 3.25. The van der Waals surface area contributed by atoms with Crippen molar-refractivity contribution in [3.8, 4) is 0 Å². The molecule has 0 spiro atoms. The summed E-state index contributed by atoms with van der Waals surface area (Å²) in [5.41, 5.74) is 0.781. The SMILES string of the molecule is COC1CC(Nc2cnn(CC3CC3)c(=O)c2Br)C1(C)C.